The SMILES string of the molecule is [CH2]CC1(CCOC(c2ccccc2)(c2ccc(OC)cc2)c2ccc(OC)cc2)CCCCC1. The summed E-state index contributed by atoms with van der Waals surface area (Å²) in [4.78, 5) is 0. The van der Waals surface area contributed by atoms with Gasteiger partial charge in [0.1, 0.15) is 17.1 Å². The molecule has 1 radical (unpaired) electrons. The molecule has 1 saturated carbocycles. The van der Waals surface area contributed by atoms with Crippen molar-refractivity contribution in [3.8, 4) is 11.5 Å². The van der Waals surface area contributed by atoms with E-state index in [4.69, 9.17) is 14.2 Å². The Hall–Kier alpha value is -2.78. The van der Waals surface area contributed by atoms with Crippen LogP contribution >= 0.6 is 0 Å². The van der Waals surface area contributed by atoms with Crippen LogP contribution in [-0.4, -0.2) is 20.8 Å². The highest BCUT2D eigenvalue weighted by Crippen LogP contribution is 2.45. The van der Waals surface area contributed by atoms with Crippen LogP contribution in [0.5, 0.6) is 11.5 Å². The molecule has 1 aliphatic rings. The highest BCUT2D eigenvalue weighted by atomic mass is 16.5. The molecule has 0 aliphatic heterocycles. The monoisotopic (exact) mass is 457 g/mol. The summed E-state index contributed by atoms with van der Waals surface area (Å²) in [5, 5.41) is 0. The Balaban J connectivity index is 1.78. The minimum atomic E-state index is -0.739. The molecule has 0 bridgehead atoms. The van der Waals surface area contributed by atoms with E-state index < -0.39 is 5.60 Å². The molecule has 0 unspecified atom stereocenters. The first-order chi connectivity index (χ1) is 16.7. The Morgan fingerprint density at radius 1 is 0.706 bits per heavy atom. The van der Waals surface area contributed by atoms with E-state index in [1.165, 1.54) is 32.1 Å². The summed E-state index contributed by atoms with van der Waals surface area (Å²) in [6, 6.07) is 27.1. The molecule has 179 valence electrons. The lowest BCUT2D eigenvalue weighted by Gasteiger charge is -2.40. The van der Waals surface area contributed by atoms with E-state index in [1.807, 2.05) is 24.3 Å². The average molecular weight is 458 g/mol. The summed E-state index contributed by atoms with van der Waals surface area (Å²) < 4.78 is 18.0. The molecule has 3 aromatic rings. The number of methoxy groups -OCH3 is 2. The van der Waals surface area contributed by atoms with Gasteiger partial charge in [-0.2, -0.15) is 0 Å². The fourth-order valence-electron chi connectivity index (χ4n) is 5.42. The summed E-state index contributed by atoms with van der Waals surface area (Å²) >= 11 is 0. The van der Waals surface area contributed by atoms with Crippen LogP contribution in [0, 0.1) is 12.3 Å². The van der Waals surface area contributed by atoms with E-state index in [-0.39, 0.29) is 0 Å². The number of hydrogen-bond acceptors (Lipinski definition) is 3. The van der Waals surface area contributed by atoms with Gasteiger partial charge in [-0.1, -0.05) is 80.8 Å². The molecule has 0 saturated heterocycles. The van der Waals surface area contributed by atoms with Crippen molar-refractivity contribution in [1.82, 2.24) is 0 Å². The van der Waals surface area contributed by atoms with Gasteiger partial charge in [0.15, 0.2) is 0 Å². The van der Waals surface area contributed by atoms with E-state index in [9.17, 15) is 0 Å². The van der Waals surface area contributed by atoms with Crippen molar-refractivity contribution < 1.29 is 14.2 Å². The summed E-state index contributed by atoms with van der Waals surface area (Å²) in [5.74, 6) is 1.66. The lowest BCUT2D eigenvalue weighted by Crippen LogP contribution is -2.35. The third kappa shape index (κ3) is 5.00. The zero-order valence-electron chi connectivity index (χ0n) is 20.6. The van der Waals surface area contributed by atoms with E-state index in [2.05, 4.69) is 61.5 Å². The minimum absolute atomic E-state index is 0.292. The molecular weight excluding hydrogens is 420 g/mol. The van der Waals surface area contributed by atoms with Crippen LogP contribution in [-0.2, 0) is 10.3 Å². The Morgan fingerprint density at radius 2 is 1.21 bits per heavy atom. The zero-order valence-corrected chi connectivity index (χ0v) is 20.6. The molecule has 34 heavy (non-hydrogen) atoms. The maximum absolute atomic E-state index is 7.06. The van der Waals surface area contributed by atoms with Crippen molar-refractivity contribution in [2.45, 2.75) is 50.5 Å². The molecule has 3 heteroatoms. The Bertz CT molecular complexity index is 955. The van der Waals surface area contributed by atoms with Crippen molar-refractivity contribution in [3.05, 3.63) is 102 Å². The normalized spacial score (nSPS) is 15.6. The smallest absolute Gasteiger partial charge is 0.143 e. The number of benzene rings is 3. The minimum Gasteiger partial charge on any atom is -0.497 e. The van der Waals surface area contributed by atoms with Gasteiger partial charge in [-0.05, 0) is 72.1 Å². The molecule has 0 atom stereocenters. The average Bonchev–Trinajstić information content (AvgIpc) is 2.92. The maximum atomic E-state index is 7.06. The van der Waals surface area contributed by atoms with Gasteiger partial charge in [-0.3, -0.25) is 0 Å². The highest BCUT2D eigenvalue weighted by molar-refractivity contribution is 5.49. The Labute approximate surface area is 205 Å². The van der Waals surface area contributed by atoms with Crippen LogP contribution in [0.25, 0.3) is 0 Å². The first-order valence-electron chi connectivity index (χ1n) is 12.4. The Morgan fingerprint density at radius 3 is 1.68 bits per heavy atom. The molecule has 0 heterocycles. The van der Waals surface area contributed by atoms with Gasteiger partial charge in [-0.25, -0.2) is 0 Å². The topological polar surface area (TPSA) is 27.7 Å². The van der Waals surface area contributed by atoms with Gasteiger partial charge in [0.2, 0.25) is 0 Å². The molecule has 0 amide bonds. The maximum Gasteiger partial charge on any atom is 0.143 e. The van der Waals surface area contributed by atoms with Crippen molar-refractivity contribution in [2.24, 2.45) is 5.41 Å². The summed E-state index contributed by atoms with van der Waals surface area (Å²) in [5.41, 5.74) is 2.82. The number of ether oxygens (including phenoxy) is 3. The second kappa shape index (κ2) is 11.1. The van der Waals surface area contributed by atoms with Crippen LogP contribution < -0.4 is 9.47 Å². The standard InChI is InChI=1S/C31H37O3/c1-4-30(21-9-6-10-22-30)23-24-34-31(25-11-7-5-8-12-25,26-13-17-28(32-2)18-14-26)27-15-19-29(33-3)20-16-27/h5,7-8,11-20H,1,4,6,9-10,21-24H2,2-3H3. The van der Waals surface area contributed by atoms with Crippen LogP contribution in [0.3, 0.4) is 0 Å². The third-order valence-corrected chi connectivity index (χ3v) is 7.57. The van der Waals surface area contributed by atoms with Crippen molar-refractivity contribution in [2.75, 3.05) is 20.8 Å². The largest absolute Gasteiger partial charge is 0.497 e. The molecule has 3 aromatic carbocycles. The number of hydrogen-bond donors (Lipinski definition) is 0. The summed E-state index contributed by atoms with van der Waals surface area (Å²) in [7, 11) is 3.39. The third-order valence-electron chi connectivity index (χ3n) is 7.57. The van der Waals surface area contributed by atoms with Crippen molar-refractivity contribution in [1.29, 1.82) is 0 Å². The van der Waals surface area contributed by atoms with Crippen molar-refractivity contribution >= 4 is 0 Å². The lowest BCUT2D eigenvalue weighted by atomic mass is 9.70. The molecule has 1 aliphatic carbocycles. The molecule has 0 N–H and O–H groups in total. The van der Waals surface area contributed by atoms with Gasteiger partial charge in [0.05, 0.1) is 14.2 Å². The number of rotatable bonds is 10. The van der Waals surface area contributed by atoms with Gasteiger partial charge >= 0.3 is 0 Å². The van der Waals surface area contributed by atoms with E-state index >= 15 is 0 Å². The quantitative estimate of drug-likeness (QED) is 0.294. The lowest BCUT2D eigenvalue weighted by molar-refractivity contribution is -0.0111. The fraction of sp³-hybridized carbons (Fsp3) is 0.387. The van der Waals surface area contributed by atoms with Gasteiger partial charge in [-0.15, -0.1) is 0 Å². The molecule has 0 aromatic heterocycles. The first kappa shape index (κ1) is 24.3. The Kier molecular flexibility index (Phi) is 7.95. The van der Waals surface area contributed by atoms with E-state index in [1.54, 1.807) is 14.2 Å². The van der Waals surface area contributed by atoms with E-state index in [0.717, 1.165) is 41.0 Å². The van der Waals surface area contributed by atoms with Gasteiger partial charge in [0, 0.05) is 6.61 Å². The molecule has 0 spiro atoms. The van der Waals surface area contributed by atoms with Crippen LogP contribution in [0.2, 0.25) is 0 Å². The first-order valence-corrected chi connectivity index (χ1v) is 12.4. The predicted molar refractivity (Wildman–Crippen MR) is 138 cm³/mol. The second-order valence-electron chi connectivity index (χ2n) is 9.41. The molecular formula is C31H37O3. The van der Waals surface area contributed by atoms with E-state index in [0.29, 0.717) is 12.0 Å². The zero-order chi connectivity index (χ0) is 23.9. The predicted octanol–water partition coefficient (Wildman–Crippen LogP) is 7.58. The molecule has 1 fully saturated rings. The highest BCUT2D eigenvalue weighted by Gasteiger charge is 2.39. The van der Waals surface area contributed by atoms with Crippen LogP contribution in [0.4, 0.5) is 0 Å². The summed E-state index contributed by atoms with van der Waals surface area (Å²) in [6.07, 6.45) is 8.45. The summed E-state index contributed by atoms with van der Waals surface area (Å²) in [6.45, 7) is 5.00. The van der Waals surface area contributed by atoms with Crippen LogP contribution in [0.15, 0.2) is 78.9 Å². The molecule has 4 rings (SSSR count). The van der Waals surface area contributed by atoms with Gasteiger partial charge < -0.3 is 14.2 Å². The molecule has 3 nitrogen and oxygen atoms in total. The van der Waals surface area contributed by atoms with Crippen LogP contribution in [0.1, 0.15) is 61.6 Å². The second-order valence-corrected chi connectivity index (χ2v) is 9.41. The fourth-order valence-corrected chi connectivity index (χ4v) is 5.42. The van der Waals surface area contributed by atoms with Gasteiger partial charge in [0.25, 0.3) is 0 Å². The van der Waals surface area contributed by atoms with Crippen molar-refractivity contribution in [3.63, 3.8) is 0 Å².